The van der Waals surface area contributed by atoms with E-state index in [9.17, 15) is 14.7 Å². The van der Waals surface area contributed by atoms with E-state index in [4.69, 9.17) is 5.73 Å². The second-order valence-electron chi connectivity index (χ2n) is 5.15. The maximum Gasteiger partial charge on any atom is 0.326 e. The van der Waals surface area contributed by atoms with Crippen molar-refractivity contribution in [2.24, 2.45) is 11.1 Å². The first-order valence-electron chi connectivity index (χ1n) is 5.56. The first kappa shape index (κ1) is 13.0. The third kappa shape index (κ3) is 2.35. The molecule has 1 amide bonds. The summed E-state index contributed by atoms with van der Waals surface area (Å²) < 4.78 is 0. The van der Waals surface area contributed by atoms with Gasteiger partial charge in [0.2, 0.25) is 5.91 Å². The number of amides is 1. The lowest BCUT2D eigenvalue weighted by Crippen LogP contribution is -2.59. The standard InChI is InChI=1S/C11H20N2O3/c1-7(12)9(14)13-6-4-5-11(2,3)8(13)10(15)16/h7-8H,4-6,12H2,1-3H3,(H,15,16)/t7-,8?/m0/s1. The summed E-state index contributed by atoms with van der Waals surface area (Å²) in [6.07, 6.45) is 1.64. The number of carbonyl (C=O) groups excluding carboxylic acids is 1. The molecule has 0 spiro atoms. The number of nitrogens with two attached hydrogens (primary N) is 1. The van der Waals surface area contributed by atoms with Crippen LogP contribution in [-0.4, -0.2) is 40.5 Å². The van der Waals surface area contributed by atoms with Crippen LogP contribution in [0.2, 0.25) is 0 Å². The molecule has 5 nitrogen and oxygen atoms in total. The lowest BCUT2D eigenvalue weighted by molar-refractivity contribution is -0.159. The van der Waals surface area contributed by atoms with Crippen molar-refractivity contribution in [1.29, 1.82) is 0 Å². The first-order valence-corrected chi connectivity index (χ1v) is 5.56. The highest BCUT2D eigenvalue weighted by molar-refractivity contribution is 5.87. The van der Waals surface area contributed by atoms with Crippen LogP contribution in [0.25, 0.3) is 0 Å². The van der Waals surface area contributed by atoms with Crippen molar-refractivity contribution < 1.29 is 14.7 Å². The highest BCUT2D eigenvalue weighted by atomic mass is 16.4. The molecule has 0 bridgehead atoms. The zero-order valence-electron chi connectivity index (χ0n) is 10.1. The molecule has 0 aromatic heterocycles. The van der Waals surface area contributed by atoms with Crippen molar-refractivity contribution in [2.75, 3.05) is 6.54 Å². The minimum Gasteiger partial charge on any atom is -0.480 e. The molecule has 0 aromatic rings. The molecule has 5 heteroatoms. The summed E-state index contributed by atoms with van der Waals surface area (Å²) in [6.45, 7) is 5.84. The van der Waals surface area contributed by atoms with E-state index in [-0.39, 0.29) is 5.91 Å². The van der Waals surface area contributed by atoms with E-state index in [1.165, 1.54) is 4.90 Å². The molecule has 1 rings (SSSR count). The van der Waals surface area contributed by atoms with E-state index >= 15 is 0 Å². The highest BCUT2D eigenvalue weighted by Crippen LogP contribution is 2.35. The maximum atomic E-state index is 11.8. The summed E-state index contributed by atoms with van der Waals surface area (Å²) in [7, 11) is 0. The number of carboxylic acids is 1. The topological polar surface area (TPSA) is 83.6 Å². The largest absolute Gasteiger partial charge is 0.480 e. The summed E-state index contributed by atoms with van der Waals surface area (Å²) >= 11 is 0. The van der Waals surface area contributed by atoms with Gasteiger partial charge in [0.15, 0.2) is 0 Å². The number of carboxylic acid groups (broad SMARTS) is 1. The van der Waals surface area contributed by atoms with Gasteiger partial charge in [0.05, 0.1) is 6.04 Å². The van der Waals surface area contributed by atoms with Crippen LogP contribution in [-0.2, 0) is 9.59 Å². The Balaban J connectivity index is 2.98. The van der Waals surface area contributed by atoms with E-state index in [0.717, 1.165) is 12.8 Å². The first-order chi connectivity index (χ1) is 7.27. The number of carbonyl (C=O) groups is 2. The summed E-state index contributed by atoms with van der Waals surface area (Å²) in [5.74, 6) is -1.22. The van der Waals surface area contributed by atoms with E-state index in [1.807, 2.05) is 13.8 Å². The van der Waals surface area contributed by atoms with Crippen molar-refractivity contribution in [2.45, 2.75) is 45.7 Å². The van der Waals surface area contributed by atoms with Gasteiger partial charge in [0, 0.05) is 6.54 Å². The fourth-order valence-electron chi connectivity index (χ4n) is 2.36. The van der Waals surface area contributed by atoms with E-state index < -0.39 is 23.5 Å². The van der Waals surface area contributed by atoms with Crippen molar-refractivity contribution >= 4 is 11.9 Å². The van der Waals surface area contributed by atoms with E-state index in [2.05, 4.69) is 0 Å². The van der Waals surface area contributed by atoms with E-state index in [1.54, 1.807) is 6.92 Å². The summed E-state index contributed by atoms with van der Waals surface area (Å²) in [5, 5.41) is 9.24. The third-order valence-corrected chi connectivity index (χ3v) is 3.18. The minimum atomic E-state index is -0.946. The number of rotatable bonds is 2. The number of hydrogen-bond acceptors (Lipinski definition) is 3. The van der Waals surface area contributed by atoms with Crippen LogP contribution in [0.4, 0.5) is 0 Å². The van der Waals surface area contributed by atoms with Gasteiger partial charge >= 0.3 is 5.97 Å². The van der Waals surface area contributed by atoms with Gasteiger partial charge < -0.3 is 15.7 Å². The van der Waals surface area contributed by atoms with Crippen molar-refractivity contribution in [1.82, 2.24) is 4.90 Å². The van der Waals surface area contributed by atoms with Crippen molar-refractivity contribution in [3.05, 3.63) is 0 Å². The van der Waals surface area contributed by atoms with Crippen LogP contribution in [0.3, 0.4) is 0 Å². The summed E-state index contributed by atoms with van der Waals surface area (Å²) in [6, 6.07) is -1.41. The molecule has 0 radical (unpaired) electrons. The smallest absolute Gasteiger partial charge is 0.326 e. The maximum absolute atomic E-state index is 11.8. The molecule has 16 heavy (non-hydrogen) atoms. The predicted octanol–water partition coefficient (Wildman–Crippen LogP) is 0.435. The molecule has 1 unspecified atom stereocenters. The van der Waals surface area contributed by atoms with Gasteiger partial charge in [-0.1, -0.05) is 13.8 Å². The zero-order chi connectivity index (χ0) is 12.5. The Hall–Kier alpha value is -1.10. The quantitative estimate of drug-likeness (QED) is 0.718. The molecule has 92 valence electrons. The molecule has 1 aliphatic rings. The molecule has 0 aromatic carbocycles. The molecule has 0 aliphatic carbocycles. The summed E-state index contributed by atoms with van der Waals surface area (Å²) in [4.78, 5) is 24.5. The highest BCUT2D eigenvalue weighted by Gasteiger charge is 2.44. The van der Waals surface area contributed by atoms with Crippen LogP contribution in [0.15, 0.2) is 0 Å². The molecule has 0 saturated carbocycles. The van der Waals surface area contributed by atoms with Crippen LogP contribution in [0.1, 0.15) is 33.6 Å². The van der Waals surface area contributed by atoms with Gasteiger partial charge in [-0.2, -0.15) is 0 Å². The SMILES string of the molecule is C[C@H](N)C(=O)N1CCCC(C)(C)C1C(=O)O. The lowest BCUT2D eigenvalue weighted by atomic mass is 9.76. The Morgan fingerprint density at radius 1 is 1.50 bits per heavy atom. The number of nitrogens with zero attached hydrogens (tertiary/aromatic N) is 1. The lowest BCUT2D eigenvalue weighted by Gasteiger charge is -2.44. The Morgan fingerprint density at radius 3 is 2.50 bits per heavy atom. The third-order valence-electron chi connectivity index (χ3n) is 3.18. The molecule has 1 saturated heterocycles. The van der Waals surface area contributed by atoms with Crippen LogP contribution in [0, 0.1) is 5.41 Å². The number of hydrogen-bond donors (Lipinski definition) is 2. The fraction of sp³-hybridized carbons (Fsp3) is 0.818. The Labute approximate surface area is 95.6 Å². The summed E-state index contributed by atoms with van der Waals surface area (Å²) in [5.41, 5.74) is 5.14. The van der Waals surface area contributed by atoms with Crippen LogP contribution >= 0.6 is 0 Å². The van der Waals surface area contributed by atoms with Gasteiger partial charge in [-0.05, 0) is 25.2 Å². The van der Waals surface area contributed by atoms with Crippen molar-refractivity contribution in [3.63, 3.8) is 0 Å². The minimum absolute atomic E-state index is 0.278. The molecular formula is C11H20N2O3. The molecule has 2 atom stereocenters. The molecule has 3 N–H and O–H groups in total. The van der Waals surface area contributed by atoms with E-state index in [0.29, 0.717) is 6.54 Å². The zero-order valence-corrected chi connectivity index (χ0v) is 10.1. The predicted molar refractivity (Wildman–Crippen MR) is 59.8 cm³/mol. The Kier molecular flexibility index (Phi) is 3.57. The Morgan fingerprint density at radius 2 is 2.06 bits per heavy atom. The van der Waals surface area contributed by atoms with Gasteiger partial charge in [-0.25, -0.2) is 4.79 Å². The second-order valence-corrected chi connectivity index (χ2v) is 5.15. The second kappa shape index (κ2) is 4.41. The monoisotopic (exact) mass is 228 g/mol. The van der Waals surface area contributed by atoms with Gasteiger partial charge in [0.25, 0.3) is 0 Å². The van der Waals surface area contributed by atoms with Crippen LogP contribution in [0.5, 0.6) is 0 Å². The average molecular weight is 228 g/mol. The molecule has 1 heterocycles. The number of aliphatic carboxylic acids is 1. The molecule has 1 aliphatic heterocycles. The van der Waals surface area contributed by atoms with Gasteiger partial charge in [-0.15, -0.1) is 0 Å². The normalized spacial score (nSPS) is 26.2. The molecular weight excluding hydrogens is 208 g/mol. The van der Waals surface area contributed by atoms with Crippen LogP contribution < -0.4 is 5.73 Å². The molecule has 1 fully saturated rings. The number of piperidine rings is 1. The number of likely N-dealkylation sites (tertiary alicyclic amines) is 1. The Bertz CT molecular complexity index is 300. The average Bonchev–Trinajstić information content (AvgIpc) is 2.13. The fourth-order valence-corrected chi connectivity index (χ4v) is 2.36. The van der Waals surface area contributed by atoms with Gasteiger partial charge in [-0.3, -0.25) is 4.79 Å². The van der Waals surface area contributed by atoms with Crippen molar-refractivity contribution in [3.8, 4) is 0 Å². The van der Waals surface area contributed by atoms with Gasteiger partial charge in [0.1, 0.15) is 6.04 Å².